The average Bonchev–Trinajstić information content (AvgIpc) is 3.52. The highest BCUT2D eigenvalue weighted by Gasteiger charge is 2.27. The minimum atomic E-state index is 0.0466. The lowest BCUT2D eigenvalue weighted by Crippen LogP contribution is -2.48. The first-order valence-electron chi connectivity index (χ1n) is 10.8. The Morgan fingerprint density at radius 2 is 1.91 bits per heavy atom. The van der Waals surface area contributed by atoms with Crippen LogP contribution in [0.15, 0.2) is 29.9 Å². The van der Waals surface area contributed by atoms with Gasteiger partial charge in [0, 0.05) is 59.1 Å². The van der Waals surface area contributed by atoms with Gasteiger partial charge in [-0.05, 0) is 39.8 Å². The summed E-state index contributed by atoms with van der Waals surface area (Å²) in [5.41, 5.74) is 3.38. The second kappa shape index (κ2) is 8.29. The summed E-state index contributed by atoms with van der Waals surface area (Å²) >= 11 is 3.39. The lowest BCUT2D eigenvalue weighted by Gasteiger charge is -2.34. The van der Waals surface area contributed by atoms with E-state index in [2.05, 4.69) is 48.7 Å². The van der Waals surface area contributed by atoms with Crippen LogP contribution in [0.5, 0.6) is 0 Å². The fraction of sp³-hybridized carbons (Fsp3) is 0.391. The molecule has 1 aliphatic heterocycles. The number of fused-ring (bicyclic) bond motifs is 1. The molecule has 5 heterocycles. The van der Waals surface area contributed by atoms with Crippen LogP contribution in [0.4, 0.5) is 5.13 Å². The van der Waals surface area contributed by atoms with E-state index in [0.29, 0.717) is 18.7 Å². The molecular formula is C23H26N6OS2. The predicted molar refractivity (Wildman–Crippen MR) is 131 cm³/mol. The number of hydrogen-bond acceptors (Lipinski definition) is 7. The monoisotopic (exact) mass is 466 g/mol. The van der Waals surface area contributed by atoms with Gasteiger partial charge >= 0.3 is 0 Å². The molecule has 0 aromatic carbocycles. The van der Waals surface area contributed by atoms with Crippen molar-refractivity contribution in [3.05, 3.63) is 45.2 Å². The van der Waals surface area contributed by atoms with Gasteiger partial charge in [0.05, 0.1) is 22.8 Å². The van der Waals surface area contributed by atoms with E-state index in [4.69, 9.17) is 4.98 Å². The number of anilines is 1. The van der Waals surface area contributed by atoms with Gasteiger partial charge in [0.1, 0.15) is 0 Å². The SMILES string of the molecule is Cc1cc(-c2cc(C(=O)N3CCN(c4nccs4)CC3)c3cnn(C(C)C)c3n2)c(C)s1. The molecule has 4 aromatic rings. The zero-order valence-corrected chi connectivity index (χ0v) is 20.3. The molecule has 7 nitrogen and oxygen atoms in total. The van der Waals surface area contributed by atoms with Crippen LogP contribution in [0.3, 0.4) is 0 Å². The van der Waals surface area contributed by atoms with E-state index >= 15 is 0 Å². The third kappa shape index (κ3) is 3.69. The van der Waals surface area contributed by atoms with Crippen molar-refractivity contribution in [3.63, 3.8) is 0 Å². The number of thiophene rings is 1. The molecule has 4 aromatic heterocycles. The molecule has 0 N–H and O–H groups in total. The summed E-state index contributed by atoms with van der Waals surface area (Å²) in [5, 5.41) is 8.39. The smallest absolute Gasteiger partial charge is 0.254 e. The maximum atomic E-state index is 13.7. The second-order valence-electron chi connectivity index (χ2n) is 8.40. The molecule has 166 valence electrons. The summed E-state index contributed by atoms with van der Waals surface area (Å²) in [5.74, 6) is 0.0466. The van der Waals surface area contributed by atoms with Gasteiger partial charge in [0.15, 0.2) is 10.8 Å². The van der Waals surface area contributed by atoms with Crippen molar-refractivity contribution < 1.29 is 4.79 Å². The molecule has 0 saturated carbocycles. The van der Waals surface area contributed by atoms with Crippen LogP contribution in [-0.2, 0) is 0 Å². The second-order valence-corrected chi connectivity index (χ2v) is 10.7. The van der Waals surface area contributed by atoms with Crippen molar-refractivity contribution in [2.24, 2.45) is 0 Å². The Morgan fingerprint density at radius 3 is 2.53 bits per heavy atom. The van der Waals surface area contributed by atoms with Gasteiger partial charge in [-0.15, -0.1) is 22.7 Å². The molecule has 0 atom stereocenters. The predicted octanol–water partition coefficient (Wildman–Crippen LogP) is 4.78. The van der Waals surface area contributed by atoms with Crippen LogP contribution in [0.25, 0.3) is 22.3 Å². The molecule has 1 saturated heterocycles. The van der Waals surface area contributed by atoms with Gasteiger partial charge < -0.3 is 9.80 Å². The molecule has 9 heteroatoms. The molecule has 5 rings (SSSR count). The molecule has 1 amide bonds. The van der Waals surface area contributed by atoms with Gasteiger partial charge in [-0.3, -0.25) is 4.79 Å². The molecule has 0 bridgehead atoms. The van der Waals surface area contributed by atoms with Crippen molar-refractivity contribution in [3.8, 4) is 11.3 Å². The number of aromatic nitrogens is 4. The Morgan fingerprint density at radius 1 is 1.12 bits per heavy atom. The Balaban J connectivity index is 1.52. The summed E-state index contributed by atoms with van der Waals surface area (Å²) < 4.78 is 1.91. The number of pyridine rings is 1. The van der Waals surface area contributed by atoms with Crippen molar-refractivity contribution >= 4 is 44.7 Å². The van der Waals surface area contributed by atoms with Crippen LogP contribution >= 0.6 is 22.7 Å². The Bertz CT molecular complexity index is 1270. The lowest BCUT2D eigenvalue weighted by atomic mass is 10.1. The normalized spacial score (nSPS) is 14.7. The first-order chi connectivity index (χ1) is 15.4. The van der Waals surface area contributed by atoms with Gasteiger partial charge in [-0.2, -0.15) is 5.10 Å². The van der Waals surface area contributed by atoms with Crippen LogP contribution in [0.2, 0.25) is 0 Å². The summed E-state index contributed by atoms with van der Waals surface area (Å²) in [6.45, 7) is 11.3. The summed E-state index contributed by atoms with van der Waals surface area (Å²) in [6, 6.07) is 4.27. The number of thiazole rings is 1. The van der Waals surface area contributed by atoms with E-state index in [9.17, 15) is 4.79 Å². The third-order valence-electron chi connectivity index (χ3n) is 5.86. The number of carbonyl (C=O) groups is 1. The van der Waals surface area contributed by atoms with E-state index in [1.807, 2.05) is 27.2 Å². The van der Waals surface area contributed by atoms with Crippen molar-refractivity contribution in [1.29, 1.82) is 0 Å². The highest BCUT2D eigenvalue weighted by molar-refractivity contribution is 7.13. The van der Waals surface area contributed by atoms with Gasteiger partial charge in [0.2, 0.25) is 0 Å². The molecule has 0 aliphatic carbocycles. The number of piperazine rings is 1. The Kier molecular flexibility index (Phi) is 5.46. The minimum Gasteiger partial charge on any atom is -0.345 e. The fourth-order valence-electron chi connectivity index (χ4n) is 4.24. The summed E-state index contributed by atoms with van der Waals surface area (Å²) in [6.07, 6.45) is 3.62. The number of amides is 1. The van der Waals surface area contributed by atoms with E-state index in [1.165, 1.54) is 9.75 Å². The highest BCUT2D eigenvalue weighted by Crippen LogP contribution is 2.33. The van der Waals surface area contributed by atoms with Crippen molar-refractivity contribution in [2.45, 2.75) is 33.7 Å². The Labute approximate surface area is 195 Å². The molecule has 32 heavy (non-hydrogen) atoms. The van der Waals surface area contributed by atoms with E-state index in [-0.39, 0.29) is 11.9 Å². The summed E-state index contributed by atoms with van der Waals surface area (Å²) in [4.78, 5) is 29.7. The number of nitrogens with zero attached hydrogens (tertiary/aromatic N) is 6. The van der Waals surface area contributed by atoms with Crippen LogP contribution in [-0.4, -0.2) is 56.7 Å². The van der Waals surface area contributed by atoms with Crippen LogP contribution < -0.4 is 4.90 Å². The average molecular weight is 467 g/mol. The first kappa shape index (κ1) is 21.1. The Hall–Kier alpha value is -2.78. The zero-order chi connectivity index (χ0) is 22.4. The molecular weight excluding hydrogens is 440 g/mol. The topological polar surface area (TPSA) is 67.2 Å². The minimum absolute atomic E-state index is 0.0466. The zero-order valence-electron chi connectivity index (χ0n) is 18.7. The van der Waals surface area contributed by atoms with Crippen LogP contribution in [0, 0.1) is 13.8 Å². The standard InChI is InChI=1S/C23H26N6OS2/c1-14(2)29-21-19(13-25-29)18(12-20(26-21)17-11-15(3)32-16(17)4)22(30)27-6-8-28(9-7-27)23-24-5-10-31-23/h5,10-14H,6-9H2,1-4H3. The van der Waals surface area contributed by atoms with Gasteiger partial charge in [-0.1, -0.05) is 0 Å². The van der Waals surface area contributed by atoms with Crippen LogP contribution in [0.1, 0.15) is 40.0 Å². The van der Waals surface area contributed by atoms with Gasteiger partial charge in [0.25, 0.3) is 5.91 Å². The highest BCUT2D eigenvalue weighted by atomic mass is 32.1. The number of rotatable bonds is 4. The first-order valence-corrected chi connectivity index (χ1v) is 12.5. The molecule has 0 radical (unpaired) electrons. The number of aryl methyl sites for hydroxylation is 2. The molecule has 1 fully saturated rings. The maximum Gasteiger partial charge on any atom is 0.254 e. The van der Waals surface area contributed by atoms with E-state index in [1.54, 1.807) is 28.9 Å². The number of carbonyl (C=O) groups excluding carboxylic acids is 1. The number of hydrogen-bond donors (Lipinski definition) is 0. The van der Waals surface area contributed by atoms with Gasteiger partial charge in [-0.25, -0.2) is 14.6 Å². The molecule has 0 unspecified atom stereocenters. The quantitative estimate of drug-likeness (QED) is 0.433. The molecule has 0 spiro atoms. The summed E-state index contributed by atoms with van der Waals surface area (Å²) in [7, 11) is 0. The third-order valence-corrected chi connectivity index (χ3v) is 7.66. The maximum absolute atomic E-state index is 13.7. The van der Waals surface area contributed by atoms with Crippen molar-refractivity contribution in [2.75, 3.05) is 31.1 Å². The largest absolute Gasteiger partial charge is 0.345 e. The van der Waals surface area contributed by atoms with E-state index < -0.39 is 0 Å². The molecule has 1 aliphatic rings. The lowest BCUT2D eigenvalue weighted by molar-refractivity contribution is 0.0748. The van der Waals surface area contributed by atoms with Crippen molar-refractivity contribution in [1.82, 2.24) is 24.6 Å². The fourth-order valence-corrected chi connectivity index (χ4v) is 5.87. The van der Waals surface area contributed by atoms with E-state index in [0.717, 1.165) is 40.5 Å².